The highest BCUT2D eigenvalue weighted by molar-refractivity contribution is 7.95. The number of hydrogen-bond acceptors (Lipinski definition) is 0. The fourth-order valence-electron chi connectivity index (χ4n) is 3.74. The van der Waals surface area contributed by atoms with E-state index in [0.29, 0.717) is 11.7 Å². The standard InChI is InChI=1S/C25H20F2P.ClH/c26-21-16-20(17-22(27)18-21)19-28(23-10-4-1-5-11-23,24-12-6-2-7-13-24)25-14-8-3-9-15-25;/h1-18H,19H2;1H/q+1;/p-1. The first-order valence-corrected chi connectivity index (χ1v) is 11.2. The smallest absolute Gasteiger partial charge is 0.126 e. The molecule has 0 bridgehead atoms. The summed E-state index contributed by atoms with van der Waals surface area (Å²) in [6, 6.07) is 34.8. The molecule has 0 amide bonds. The third-order valence-corrected chi connectivity index (χ3v) is 9.31. The summed E-state index contributed by atoms with van der Waals surface area (Å²) in [5.41, 5.74) is 0.669. The van der Waals surface area contributed by atoms with Gasteiger partial charge in [-0.2, -0.15) is 0 Å². The zero-order chi connectivity index (χ0) is 19.4. The van der Waals surface area contributed by atoms with Crippen molar-refractivity contribution in [2.45, 2.75) is 6.16 Å². The molecule has 0 spiro atoms. The molecule has 4 aromatic rings. The van der Waals surface area contributed by atoms with Gasteiger partial charge in [0.15, 0.2) is 0 Å². The second kappa shape index (κ2) is 9.31. The normalized spacial score (nSPS) is 11.0. The lowest BCUT2D eigenvalue weighted by molar-refractivity contribution is -0.00000678. The van der Waals surface area contributed by atoms with Crippen LogP contribution in [0.3, 0.4) is 0 Å². The highest BCUT2D eigenvalue weighted by Gasteiger charge is 2.45. The van der Waals surface area contributed by atoms with Gasteiger partial charge in [0.2, 0.25) is 0 Å². The van der Waals surface area contributed by atoms with Crippen molar-refractivity contribution in [3.63, 3.8) is 0 Å². The lowest BCUT2D eigenvalue weighted by atomic mass is 10.2. The van der Waals surface area contributed by atoms with E-state index in [9.17, 15) is 8.78 Å². The first kappa shape index (κ1) is 21.2. The molecule has 0 aromatic heterocycles. The summed E-state index contributed by atoms with van der Waals surface area (Å²) in [4.78, 5) is 0. The van der Waals surface area contributed by atoms with Crippen LogP contribution in [0.1, 0.15) is 5.56 Å². The van der Waals surface area contributed by atoms with Gasteiger partial charge in [-0.15, -0.1) is 0 Å². The quantitative estimate of drug-likeness (QED) is 0.432. The Kier molecular flexibility index (Phi) is 6.79. The van der Waals surface area contributed by atoms with Crippen molar-refractivity contribution in [1.29, 1.82) is 0 Å². The second-order valence-corrected chi connectivity index (χ2v) is 10.2. The molecule has 0 aliphatic heterocycles. The van der Waals surface area contributed by atoms with Crippen molar-refractivity contribution in [2.75, 3.05) is 0 Å². The van der Waals surface area contributed by atoms with Crippen LogP contribution in [-0.4, -0.2) is 0 Å². The van der Waals surface area contributed by atoms with Crippen LogP contribution in [0.25, 0.3) is 0 Å². The van der Waals surface area contributed by atoms with Gasteiger partial charge >= 0.3 is 0 Å². The summed E-state index contributed by atoms with van der Waals surface area (Å²) in [7, 11) is -2.15. The third kappa shape index (κ3) is 4.40. The fraction of sp³-hybridized carbons (Fsp3) is 0.0400. The predicted octanol–water partition coefficient (Wildman–Crippen LogP) is 2.46. The largest absolute Gasteiger partial charge is 1.00 e. The van der Waals surface area contributed by atoms with Gasteiger partial charge in [0, 0.05) is 6.07 Å². The molecule has 0 N–H and O–H groups in total. The van der Waals surface area contributed by atoms with Crippen LogP contribution in [-0.2, 0) is 6.16 Å². The zero-order valence-corrected chi connectivity index (χ0v) is 17.3. The molecule has 29 heavy (non-hydrogen) atoms. The Hall–Kier alpha value is -2.54. The van der Waals surface area contributed by atoms with Crippen molar-refractivity contribution >= 4 is 23.2 Å². The molecule has 0 atom stereocenters. The summed E-state index contributed by atoms with van der Waals surface area (Å²) in [5.74, 6) is -1.08. The monoisotopic (exact) mass is 424 g/mol. The van der Waals surface area contributed by atoms with Crippen molar-refractivity contribution in [3.05, 3.63) is 126 Å². The average Bonchev–Trinajstić information content (AvgIpc) is 2.73. The first-order valence-electron chi connectivity index (χ1n) is 9.18. The van der Waals surface area contributed by atoms with Crippen LogP contribution in [0.5, 0.6) is 0 Å². The van der Waals surface area contributed by atoms with Crippen molar-refractivity contribution < 1.29 is 21.2 Å². The molecule has 0 saturated carbocycles. The maximum Gasteiger partial charge on any atom is 0.126 e. The van der Waals surface area contributed by atoms with Crippen LogP contribution in [0.2, 0.25) is 0 Å². The SMILES string of the molecule is Fc1cc(F)cc(C[P+](c2ccccc2)(c2ccccc2)c2ccccc2)c1.[Cl-]. The van der Waals surface area contributed by atoms with Gasteiger partial charge in [0.1, 0.15) is 34.8 Å². The van der Waals surface area contributed by atoms with E-state index in [4.69, 9.17) is 0 Å². The van der Waals surface area contributed by atoms with Crippen molar-refractivity contribution in [3.8, 4) is 0 Å². The summed E-state index contributed by atoms with van der Waals surface area (Å²) in [6.07, 6.45) is 0.555. The number of halogens is 3. The van der Waals surface area contributed by atoms with E-state index in [1.807, 2.05) is 54.6 Å². The molecule has 0 fully saturated rings. The zero-order valence-electron chi connectivity index (χ0n) is 15.7. The predicted molar refractivity (Wildman–Crippen MR) is 115 cm³/mol. The number of rotatable bonds is 5. The van der Waals surface area contributed by atoms with Crippen LogP contribution in [0.4, 0.5) is 8.78 Å². The molecule has 0 unspecified atom stereocenters. The Labute approximate surface area is 177 Å². The molecule has 0 aliphatic carbocycles. The number of hydrogen-bond donors (Lipinski definition) is 0. The van der Waals surface area contributed by atoms with E-state index in [2.05, 4.69) is 36.4 Å². The first-order chi connectivity index (χ1) is 13.7. The van der Waals surface area contributed by atoms with Crippen molar-refractivity contribution in [1.82, 2.24) is 0 Å². The molecule has 4 aromatic carbocycles. The highest BCUT2D eigenvalue weighted by Crippen LogP contribution is 2.58. The van der Waals surface area contributed by atoms with Crippen LogP contribution < -0.4 is 28.3 Å². The fourth-order valence-corrected chi connectivity index (χ4v) is 7.96. The van der Waals surface area contributed by atoms with E-state index in [0.717, 1.165) is 6.07 Å². The van der Waals surface area contributed by atoms with E-state index >= 15 is 0 Å². The molecule has 4 heteroatoms. The maximum atomic E-state index is 14.0. The topological polar surface area (TPSA) is 0 Å². The number of benzene rings is 4. The Morgan fingerprint density at radius 3 is 1.21 bits per heavy atom. The van der Waals surface area contributed by atoms with Gasteiger partial charge in [0.25, 0.3) is 0 Å². The van der Waals surface area contributed by atoms with E-state index in [1.165, 1.54) is 28.0 Å². The van der Waals surface area contributed by atoms with Gasteiger partial charge in [-0.1, -0.05) is 54.6 Å². The van der Waals surface area contributed by atoms with Crippen LogP contribution >= 0.6 is 7.26 Å². The Balaban J connectivity index is 0.00000240. The van der Waals surface area contributed by atoms with Crippen molar-refractivity contribution in [2.24, 2.45) is 0 Å². The van der Waals surface area contributed by atoms with Crippen LogP contribution in [0, 0.1) is 11.6 Å². The third-order valence-electron chi connectivity index (χ3n) is 4.93. The van der Waals surface area contributed by atoms with Gasteiger partial charge < -0.3 is 12.4 Å². The molecule has 0 heterocycles. The summed E-state index contributed by atoms with van der Waals surface area (Å²) in [6.45, 7) is 0. The maximum absolute atomic E-state index is 14.0. The lowest BCUT2D eigenvalue weighted by Crippen LogP contribution is -3.00. The molecule has 0 aliphatic rings. The Morgan fingerprint density at radius 1 is 0.517 bits per heavy atom. The summed E-state index contributed by atoms with van der Waals surface area (Å²) in [5, 5.41) is 3.58. The van der Waals surface area contributed by atoms with Gasteiger partial charge in [-0.25, -0.2) is 8.78 Å². The summed E-state index contributed by atoms with van der Waals surface area (Å²) >= 11 is 0. The van der Waals surface area contributed by atoms with E-state index in [1.54, 1.807) is 0 Å². The molecular formula is C25H20ClF2P. The summed E-state index contributed by atoms with van der Waals surface area (Å²) < 4.78 is 28.0. The van der Waals surface area contributed by atoms with Gasteiger partial charge in [0.05, 0.1) is 6.16 Å². The second-order valence-electron chi connectivity index (χ2n) is 6.75. The lowest BCUT2D eigenvalue weighted by Gasteiger charge is -2.27. The minimum absolute atomic E-state index is 0. The highest BCUT2D eigenvalue weighted by atomic mass is 35.5. The molecule has 0 radical (unpaired) electrons. The molecule has 146 valence electrons. The molecular weight excluding hydrogens is 405 g/mol. The average molecular weight is 425 g/mol. The molecule has 0 saturated heterocycles. The van der Waals surface area contributed by atoms with Gasteiger partial charge in [-0.3, -0.25) is 0 Å². The van der Waals surface area contributed by atoms with Gasteiger partial charge in [-0.05, 0) is 54.1 Å². The Morgan fingerprint density at radius 2 is 0.862 bits per heavy atom. The molecule has 0 nitrogen and oxygen atoms in total. The minimum Gasteiger partial charge on any atom is -1.00 e. The minimum atomic E-state index is -2.15. The van der Waals surface area contributed by atoms with Crippen LogP contribution in [0.15, 0.2) is 109 Å². The molecule has 4 rings (SSSR count). The van der Waals surface area contributed by atoms with E-state index < -0.39 is 18.9 Å². The Bertz CT molecular complexity index is 937. The van der Waals surface area contributed by atoms with E-state index in [-0.39, 0.29) is 12.4 Å².